The second-order valence-corrected chi connectivity index (χ2v) is 5.93. The van der Waals surface area contributed by atoms with Gasteiger partial charge in [0.25, 0.3) is 0 Å². The molecule has 0 aliphatic heterocycles. The van der Waals surface area contributed by atoms with Crippen LogP contribution in [0.2, 0.25) is 5.02 Å². The molecule has 1 aromatic heterocycles. The fraction of sp³-hybridized carbons (Fsp3) is 0.600. The topological polar surface area (TPSA) is 57.3 Å². The first-order valence-corrected chi connectivity index (χ1v) is 7.64. The Morgan fingerprint density at radius 1 is 1.43 bits per heavy atom. The number of anilines is 1. The normalized spacial score (nSPS) is 11.0. The Labute approximate surface area is 132 Å². The van der Waals surface area contributed by atoms with E-state index in [1.54, 1.807) is 0 Å². The summed E-state index contributed by atoms with van der Waals surface area (Å²) in [6.45, 7) is 8.52. The Morgan fingerprint density at radius 2 is 2.14 bits per heavy atom. The van der Waals surface area contributed by atoms with Gasteiger partial charge >= 0.3 is 0 Å². The van der Waals surface area contributed by atoms with Crippen LogP contribution >= 0.6 is 11.6 Å². The second kappa shape index (κ2) is 8.85. The molecule has 0 radical (unpaired) electrons. The molecule has 0 bridgehead atoms. The fourth-order valence-corrected chi connectivity index (χ4v) is 1.97. The van der Waals surface area contributed by atoms with E-state index >= 15 is 0 Å². The summed E-state index contributed by atoms with van der Waals surface area (Å²) in [7, 11) is 1.88. The number of hydrogen-bond donors (Lipinski definition) is 2. The van der Waals surface area contributed by atoms with E-state index in [2.05, 4.69) is 29.5 Å². The summed E-state index contributed by atoms with van der Waals surface area (Å²) < 4.78 is 0. The van der Waals surface area contributed by atoms with Gasteiger partial charge in [-0.2, -0.15) is 0 Å². The lowest BCUT2D eigenvalue weighted by molar-refractivity contribution is -0.122. The minimum Gasteiger partial charge on any atom is -0.370 e. The summed E-state index contributed by atoms with van der Waals surface area (Å²) >= 11 is 6.16. The highest BCUT2D eigenvalue weighted by atomic mass is 35.5. The average Bonchev–Trinajstić information content (AvgIpc) is 2.40. The van der Waals surface area contributed by atoms with Crippen molar-refractivity contribution in [3.05, 3.63) is 22.8 Å². The van der Waals surface area contributed by atoms with Crippen molar-refractivity contribution in [3.63, 3.8) is 0 Å². The average molecular weight is 313 g/mol. The number of rotatable bonds is 8. The quantitative estimate of drug-likeness (QED) is 0.774. The van der Waals surface area contributed by atoms with Crippen molar-refractivity contribution in [2.45, 2.75) is 27.3 Å². The number of likely N-dealkylation sites (N-methyl/N-ethyl adjacent to an activating group) is 1. The molecule has 21 heavy (non-hydrogen) atoms. The molecule has 0 unspecified atom stereocenters. The van der Waals surface area contributed by atoms with Crippen LogP contribution in [0, 0.1) is 5.92 Å². The molecule has 0 aliphatic carbocycles. The number of amides is 1. The molecule has 2 N–H and O–H groups in total. The van der Waals surface area contributed by atoms with Crippen LogP contribution < -0.4 is 10.6 Å². The third kappa shape index (κ3) is 6.78. The van der Waals surface area contributed by atoms with Gasteiger partial charge in [-0.1, -0.05) is 25.4 Å². The van der Waals surface area contributed by atoms with Crippen LogP contribution in [0.1, 0.15) is 26.5 Å². The maximum absolute atomic E-state index is 11.8. The van der Waals surface area contributed by atoms with Gasteiger partial charge in [0.2, 0.25) is 5.91 Å². The molecule has 0 saturated heterocycles. The Hall–Kier alpha value is -1.33. The lowest BCUT2D eigenvalue weighted by Gasteiger charge is -2.17. The van der Waals surface area contributed by atoms with Crippen molar-refractivity contribution in [1.29, 1.82) is 0 Å². The molecule has 0 spiro atoms. The molecule has 0 atom stereocenters. The smallest absolute Gasteiger partial charge is 0.234 e. The number of carbonyl (C=O) groups is 1. The van der Waals surface area contributed by atoms with E-state index in [9.17, 15) is 4.79 Å². The minimum absolute atomic E-state index is 0.0187. The first-order chi connectivity index (χ1) is 9.92. The van der Waals surface area contributed by atoms with Gasteiger partial charge in [-0.3, -0.25) is 9.69 Å². The van der Waals surface area contributed by atoms with Crippen LogP contribution in [0.3, 0.4) is 0 Å². The molecule has 5 nitrogen and oxygen atoms in total. The maximum Gasteiger partial charge on any atom is 0.234 e. The molecule has 1 amide bonds. The molecular weight excluding hydrogens is 288 g/mol. The Morgan fingerprint density at radius 3 is 2.76 bits per heavy atom. The van der Waals surface area contributed by atoms with Gasteiger partial charge in [-0.25, -0.2) is 4.98 Å². The molecule has 0 fully saturated rings. The number of nitrogens with one attached hydrogen (secondary N) is 2. The van der Waals surface area contributed by atoms with Crippen LogP contribution in [0.15, 0.2) is 12.1 Å². The van der Waals surface area contributed by atoms with E-state index < -0.39 is 0 Å². The summed E-state index contributed by atoms with van der Waals surface area (Å²) in [6, 6.07) is 3.68. The highest BCUT2D eigenvalue weighted by molar-refractivity contribution is 6.31. The lowest BCUT2D eigenvalue weighted by atomic mass is 10.2. The highest BCUT2D eigenvalue weighted by Crippen LogP contribution is 2.17. The number of nitrogens with zero attached hydrogens (tertiary/aromatic N) is 2. The van der Waals surface area contributed by atoms with E-state index in [0.29, 0.717) is 30.6 Å². The van der Waals surface area contributed by atoms with Crippen molar-refractivity contribution in [2.24, 2.45) is 5.92 Å². The third-order valence-electron chi connectivity index (χ3n) is 2.82. The first-order valence-electron chi connectivity index (χ1n) is 7.26. The van der Waals surface area contributed by atoms with Crippen LogP contribution in [0.25, 0.3) is 0 Å². The summed E-state index contributed by atoms with van der Waals surface area (Å²) in [5.74, 6) is 1.27. The summed E-state index contributed by atoms with van der Waals surface area (Å²) in [5.41, 5.74) is 0.772. The Kier molecular flexibility index (Phi) is 7.47. The predicted octanol–water partition coefficient (Wildman–Crippen LogP) is 2.37. The zero-order chi connectivity index (χ0) is 15.8. The van der Waals surface area contributed by atoms with E-state index in [4.69, 9.17) is 11.6 Å². The van der Waals surface area contributed by atoms with Crippen molar-refractivity contribution in [1.82, 2.24) is 15.2 Å². The molecule has 0 aliphatic rings. The van der Waals surface area contributed by atoms with Crippen molar-refractivity contribution in [2.75, 3.05) is 32.0 Å². The van der Waals surface area contributed by atoms with Crippen molar-refractivity contribution < 1.29 is 4.79 Å². The predicted molar refractivity (Wildman–Crippen MR) is 87.6 cm³/mol. The van der Waals surface area contributed by atoms with Gasteiger partial charge in [0.15, 0.2) is 0 Å². The highest BCUT2D eigenvalue weighted by Gasteiger charge is 2.11. The maximum atomic E-state index is 11.8. The minimum atomic E-state index is 0.0187. The van der Waals surface area contributed by atoms with Gasteiger partial charge in [0, 0.05) is 19.6 Å². The molecule has 1 heterocycles. The van der Waals surface area contributed by atoms with Crippen LogP contribution in [0.5, 0.6) is 0 Å². The fourth-order valence-electron chi connectivity index (χ4n) is 1.81. The van der Waals surface area contributed by atoms with E-state index in [0.717, 1.165) is 18.1 Å². The van der Waals surface area contributed by atoms with Crippen LogP contribution in [0.4, 0.5) is 5.82 Å². The zero-order valence-corrected chi connectivity index (χ0v) is 14.0. The van der Waals surface area contributed by atoms with Gasteiger partial charge in [-0.15, -0.1) is 0 Å². The van der Waals surface area contributed by atoms with Gasteiger partial charge < -0.3 is 10.6 Å². The van der Waals surface area contributed by atoms with E-state index in [-0.39, 0.29) is 5.91 Å². The first kappa shape index (κ1) is 17.7. The summed E-state index contributed by atoms with van der Waals surface area (Å²) in [5, 5.41) is 6.67. The molecular formula is C15H25ClN4O. The summed E-state index contributed by atoms with van der Waals surface area (Å²) in [4.78, 5) is 18.2. The SMILES string of the molecule is CCNc1ccc(Cl)c(CN(C)CC(=O)NCC(C)C)n1. The Balaban J connectivity index is 2.55. The number of hydrogen-bond acceptors (Lipinski definition) is 4. The second-order valence-electron chi connectivity index (χ2n) is 5.53. The zero-order valence-electron chi connectivity index (χ0n) is 13.2. The largest absolute Gasteiger partial charge is 0.370 e. The van der Waals surface area contributed by atoms with E-state index in [1.807, 2.05) is 31.0 Å². The molecule has 1 aromatic rings. The Bertz CT molecular complexity index is 465. The standard InChI is InChI=1S/C15H25ClN4O/c1-5-17-14-7-6-12(16)13(19-14)9-20(4)10-15(21)18-8-11(2)3/h6-7,11H,5,8-10H2,1-4H3,(H,17,19)(H,18,21). The van der Waals surface area contributed by atoms with Crippen LogP contribution in [-0.2, 0) is 11.3 Å². The third-order valence-corrected chi connectivity index (χ3v) is 3.16. The summed E-state index contributed by atoms with van der Waals surface area (Å²) in [6.07, 6.45) is 0. The number of pyridine rings is 1. The van der Waals surface area contributed by atoms with Gasteiger partial charge in [-0.05, 0) is 32.0 Å². The van der Waals surface area contributed by atoms with Crippen molar-refractivity contribution >= 4 is 23.3 Å². The molecule has 0 saturated carbocycles. The van der Waals surface area contributed by atoms with E-state index in [1.165, 1.54) is 0 Å². The van der Waals surface area contributed by atoms with Crippen LogP contribution in [-0.4, -0.2) is 42.5 Å². The molecule has 6 heteroatoms. The van der Waals surface area contributed by atoms with Crippen molar-refractivity contribution in [3.8, 4) is 0 Å². The lowest BCUT2D eigenvalue weighted by Crippen LogP contribution is -2.36. The number of carbonyl (C=O) groups excluding carboxylic acids is 1. The monoisotopic (exact) mass is 312 g/mol. The molecule has 1 rings (SSSR count). The van der Waals surface area contributed by atoms with Gasteiger partial charge in [0.05, 0.1) is 17.3 Å². The van der Waals surface area contributed by atoms with Gasteiger partial charge in [0.1, 0.15) is 5.82 Å². The number of halogens is 1. The molecule has 118 valence electrons. The number of aromatic nitrogens is 1. The molecule has 0 aromatic carbocycles.